The number of allylic oxidation sites excluding steroid dienone is 1. The number of ether oxygens (including phenoxy) is 1. The topological polar surface area (TPSA) is 9.23 Å². The van der Waals surface area contributed by atoms with E-state index < -0.39 is 0 Å². The van der Waals surface area contributed by atoms with E-state index in [9.17, 15) is 0 Å². The second kappa shape index (κ2) is 2.99. The largest absolute Gasteiger partial charge is 0.487 e. The molecule has 2 rings (SSSR count). The molecule has 0 spiro atoms. The molecular weight excluding hydrogens is 168 g/mol. The summed E-state index contributed by atoms with van der Waals surface area (Å²) in [6.45, 7) is 4.49. The lowest BCUT2D eigenvalue weighted by Crippen LogP contribution is -2.29. The van der Waals surface area contributed by atoms with Gasteiger partial charge in [-0.25, -0.2) is 0 Å². The summed E-state index contributed by atoms with van der Waals surface area (Å²) in [5.74, 6) is 2.18. The van der Waals surface area contributed by atoms with E-state index in [2.05, 4.69) is 26.5 Å². The van der Waals surface area contributed by atoms with E-state index in [1.807, 2.05) is 6.26 Å². The highest BCUT2D eigenvalue weighted by Gasteiger charge is 2.41. The molecular formula is C10H16OS. The van der Waals surface area contributed by atoms with Crippen LogP contribution >= 0.6 is 12.6 Å². The third kappa shape index (κ3) is 1.17. The number of fused-ring (bicyclic) bond motifs is 1. The van der Waals surface area contributed by atoms with Gasteiger partial charge in [0.1, 0.15) is 5.44 Å². The first-order valence-electron chi connectivity index (χ1n) is 4.70. The highest BCUT2D eigenvalue weighted by atomic mass is 32.1. The molecule has 1 fully saturated rings. The monoisotopic (exact) mass is 184 g/mol. The van der Waals surface area contributed by atoms with E-state index in [-0.39, 0.29) is 5.44 Å². The third-order valence-electron chi connectivity index (χ3n) is 3.36. The predicted molar refractivity (Wildman–Crippen MR) is 53.0 cm³/mol. The molecule has 12 heavy (non-hydrogen) atoms. The molecule has 1 aliphatic carbocycles. The van der Waals surface area contributed by atoms with E-state index in [0.717, 1.165) is 11.8 Å². The van der Waals surface area contributed by atoms with E-state index in [1.165, 1.54) is 18.4 Å². The average molecular weight is 184 g/mol. The first kappa shape index (κ1) is 8.49. The normalized spacial score (nSPS) is 46.4. The lowest BCUT2D eigenvalue weighted by atomic mass is 9.85. The zero-order valence-corrected chi connectivity index (χ0v) is 8.55. The molecule has 0 bridgehead atoms. The van der Waals surface area contributed by atoms with Crippen LogP contribution in [0.15, 0.2) is 11.8 Å². The molecule has 4 atom stereocenters. The van der Waals surface area contributed by atoms with Crippen LogP contribution in [0.4, 0.5) is 0 Å². The second-order valence-electron chi connectivity index (χ2n) is 4.13. The lowest BCUT2D eigenvalue weighted by Gasteiger charge is -2.32. The summed E-state index contributed by atoms with van der Waals surface area (Å²) in [5, 5.41) is 0. The van der Waals surface area contributed by atoms with Crippen LogP contribution in [0.1, 0.15) is 26.7 Å². The van der Waals surface area contributed by atoms with Crippen molar-refractivity contribution in [2.45, 2.75) is 32.1 Å². The van der Waals surface area contributed by atoms with Crippen LogP contribution in [0.5, 0.6) is 0 Å². The SMILES string of the molecule is CC1=COC(S)[C@H]2[C@@H]1CC[C@@H]2C. The molecule has 1 aliphatic heterocycles. The van der Waals surface area contributed by atoms with Crippen molar-refractivity contribution < 1.29 is 4.74 Å². The Morgan fingerprint density at radius 2 is 2.25 bits per heavy atom. The molecule has 2 heteroatoms. The van der Waals surface area contributed by atoms with Crippen LogP contribution in [0.3, 0.4) is 0 Å². The van der Waals surface area contributed by atoms with Crippen molar-refractivity contribution in [3.63, 3.8) is 0 Å². The Labute approximate surface area is 79.6 Å². The molecule has 0 radical (unpaired) electrons. The molecule has 1 saturated carbocycles. The summed E-state index contributed by atoms with van der Waals surface area (Å²) in [4.78, 5) is 0. The summed E-state index contributed by atoms with van der Waals surface area (Å²) < 4.78 is 5.48. The minimum atomic E-state index is 0.135. The Hall–Kier alpha value is -0.110. The zero-order chi connectivity index (χ0) is 8.72. The Morgan fingerprint density at radius 3 is 2.92 bits per heavy atom. The number of hydrogen-bond donors (Lipinski definition) is 1. The Morgan fingerprint density at radius 1 is 1.50 bits per heavy atom. The smallest absolute Gasteiger partial charge is 0.144 e. The molecule has 0 aromatic carbocycles. The summed E-state index contributed by atoms with van der Waals surface area (Å²) in [5.41, 5.74) is 1.55. The maximum atomic E-state index is 5.48. The molecule has 0 aromatic heterocycles. The van der Waals surface area contributed by atoms with Gasteiger partial charge in [0.25, 0.3) is 0 Å². The number of thiol groups is 1. The Bertz CT molecular complexity index is 212. The fourth-order valence-electron chi connectivity index (χ4n) is 2.59. The zero-order valence-electron chi connectivity index (χ0n) is 7.66. The minimum Gasteiger partial charge on any atom is -0.487 e. The molecule has 0 amide bonds. The molecule has 0 N–H and O–H groups in total. The lowest BCUT2D eigenvalue weighted by molar-refractivity contribution is 0.102. The van der Waals surface area contributed by atoms with Gasteiger partial charge in [-0.2, -0.15) is 0 Å². The van der Waals surface area contributed by atoms with Gasteiger partial charge in [-0.05, 0) is 37.2 Å². The van der Waals surface area contributed by atoms with Gasteiger partial charge in [0.15, 0.2) is 0 Å². The number of hydrogen-bond acceptors (Lipinski definition) is 2. The molecule has 68 valence electrons. The summed E-state index contributed by atoms with van der Waals surface area (Å²) in [6, 6.07) is 0. The van der Waals surface area contributed by atoms with Crippen molar-refractivity contribution in [1.29, 1.82) is 0 Å². The standard InChI is InChI=1S/C10H16OS/c1-6-3-4-8-7(2)5-11-10(12)9(6)8/h5-6,8-10,12H,3-4H2,1-2H3/t6-,8+,9+,10?/m0/s1. The highest BCUT2D eigenvalue weighted by Crippen LogP contribution is 2.46. The van der Waals surface area contributed by atoms with Gasteiger partial charge in [0.2, 0.25) is 0 Å². The summed E-state index contributed by atoms with van der Waals surface area (Å²) >= 11 is 4.47. The number of rotatable bonds is 0. The highest BCUT2D eigenvalue weighted by molar-refractivity contribution is 7.80. The average Bonchev–Trinajstić information content (AvgIpc) is 2.42. The molecule has 1 nitrogen and oxygen atoms in total. The van der Waals surface area contributed by atoms with Gasteiger partial charge in [0.05, 0.1) is 6.26 Å². The fourth-order valence-corrected chi connectivity index (χ4v) is 3.15. The van der Waals surface area contributed by atoms with Gasteiger partial charge >= 0.3 is 0 Å². The maximum absolute atomic E-state index is 5.48. The van der Waals surface area contributed by atoms with Crippen LogP contribution in [0.25, 0.3) is 0 Å². The first-order valence-corrected chi connectivity index (χ1v) is 5.22. The van der Waals surface area contributed by atoms with Crippen molar-refractivity contribution in [3.8, 4) is 0 Å². The van der Waals surface area contributed by atoms with Crippen molar-refractivity contribution >= 4 is 12.6 Å². The Balaban J connectivity index is 2.23. The van der Waals surface area contributed by atoms with Crippen LogP contribution in [0.2, 0.25) is 0 Å². The first-order chi connectivity index (χ1) is 5.70. The van der Waals surface area contributed by atoms with Crippen molar-refractivity contribution in [1.82, 2.24) is 0 Å². The van der Waals surface area contributed by atoms with Crippen LogP contribution in [-0.2, 0) is 4.74 Å². The van der Waals surface area contributed by atoms with Gasteiger partial charge in [-0.3, -0.25) is 0 Å². The second-order valence-corrected chi connectivity index (χ2v) is 4.64. The van der Waals surface area contributed by atoms with Crippen LogP contribution < -0.4 is 0 Å². The van der Waals surface area contributed by atoms with Gasteiger partial charge in [-0.15, -0.1) is 12.6 Å². The van der Waals surface area contributed by atoms with E-state index in [1.54, 1.807) is 0 Å². The molecule has 0 saturated heterocycles. The fraction of sp³-hybridized carbons (Fsp3) is 0.800. The quantitative estimate of drug-likeness (QED) is 0.570. The van der Waals surface area contributed by atoms with E-state index in [0.29, 0.717) is 5.92 Å². The predicted octanol–water partition coefficient (Wildman–Crippen LogP) is 2.84. The summed E-state index contributed by atoms with van der Waals surface area (Å²) in [7, 11) is 0. The van der Waals surface area contributed by atoms with E-state index >= 15 is 0 Å². The molecule has 1 unspecified atom stereocenters. The molecule has 2 aliphatic rings. The summed E-state index contributed by atoms with van der Waals surface area (Å²) in [6.07, 6.45) is 4.56. The van der Waals surface area contributed by atoms with Crippen molar-refractivity contribution in [2.24, 2.45) is 17.8 Å². The van der Waals surface area contributed by atoms with Gasteiger partial charge in [0, 0.05) is 5.92 Å². The molecule has 0 aromatic rings. The van der Waals surface area contributed by atoms with E-state index in [4.69, 9.17) is 4.74 Å². The van der Waals surface area contributed by atoms with Gasteiger partial charge < -0.3 is 4.74 Å². The molecule has 1 heterocycles. The van der Waals surface area contributed by atoms with Crippen molar-refractivity contribution in [3.05, 3.63) is 11.8 Å². The van der Waals surface area contributed by atoms with Gasteiger partial charge in [-0.1, -0.05) is 6.92 Å². The third-order valence-corrected chi connectivity index (χ3v) is 3.83. The maximum Gasteiger partial charge on any atom is 0.144 e. The minimum absolute atomic E-state index is 0.135. The van der Waals surface area contributed by atoms with Crippen molar-refractivity contribution in [2.75, 3.05) is 0 Å². The van der Waals surface area contributed by atoms with Crippen LogP contribution in [0, 0.1) is 17.8 Å². The van der Waals surface area contributed by atoms with Crippen LogP contribution in [-0.4, -0.2) is 5.44 Å². The Kier molecular flexibility index (Phi) is 2.11.